The summed E-state index contributed by atoms with van der Waals surface area (Å²) in [5, 5.41) is -2.46. The minimum Gasteiger partial charge on any atom is -0.464 e. The third-order valence-corrected chi connectivity index (χ3v) is 2.81. The van der Waals surface area contributed by atoms with E-state index >= 15 is 0 Å². The minimum atomic E-state index is -1.23. The number of esters is 2. The van der Waals surface area contributed by atoms with Crippen LogP contribution in [0.3, 0.4) is 0 Å². The van der Waals surface area contributed by atoms with Crippen molar-refractivity contribution in [1.82, 2.24) is 0 Å². The molecule has 0 fully saturated rings. The fourth-order valence-corrected chi connectivity index (χ4v) is 1.23. The van der Waals surface area contributed by atoms with Crippen LogP contribution in [0.5, 0.6) is 0 Å². The van der Waals surface area contributed by atoms with Gasteiger partial charge in [-0.25, -0.2) is 0 Å². The lowest BCUT2D eigenvalue weighted by atomic mass is 10.2. The predicted molar refractivity (Wildman–Crippen MR) is 70.9 cm³/mol. The van der Waals surface area contributed by atoms with Crippen molar-refractivity contribution < 1.29 is 19.1 Å². The van der Waals surface area contributed by atoms with Gasteiger partial charge in [-0.3, -0.25) is 9.59 Å². The Morgan fingerprint density at radius 3 is 1.33 bits per heavy atom. The number of carbonyl (C=O) groups is 2. The summed E-state index contributed by atoms with van der Waals surface area (Å²) in [5.74, 6) is -1.02. The average molecular weight is 299 g/mol. The Bertz CT molecular complexity index is 251. The molecule has 2 atom stereocenters. The Morgan fingerprint density at radius 2 is 1.11 bits per heavy atom. The zero-order chi connectivity index (χ0) is 14.3. The van der Waals surface area contributed by atoms with Gasteiger partial charge in [-0.1, -0.05) is 27.7 Å². The van der Waals surface area contributed by atoms with Crippen LogP contribution in [0.2, 0.25) is 0 Å². The molecule has 0 saturated heterocycles. The van der Waals surface area contributed by atoms with Crippen LogP contribution in [0, 0.1) is 11.8 Å². The van der Waals surface area contributed by atoms with E-state index in [2.05, 4.69) is 0 Å². The summed E-state index contributed by atoms with van der Waals surface area (Å²) >= 11 is 11.5. The van der Waals surface area contributed by atoms with Crippen LogP contribution in [-0.2, 0) is 19.1 Å². The van der Waals surface area contributed by atoms with Crippen molar-refractivity contribution in [3.63, 3.8) is 0 Å². The van der Waals surface area contributed by atoms with E-state index in [1.807, 2.05) is 27.7 Å². The molecule has 0 radical (unpaired) electrons. The molecule has 0 rings (SSSR count). The first-order chi connectivity index (χ1) is 8.25. The fraction of sp³-hybridized carbons (Fsp3) is 0.833. The number of hydrogen-bond donors (Lipinski definition) is 0. The summed E-state index contributed by atoms with van der Waals surface area (Å²) in [4.78, 5) is 23.0. The molecule has 0 aliphatic heterocycles. The second kappa shape index (κ2) is 8.59. The van der Waals surface area contributed by atoms with Crippen LogP contribution in [0.15, 0.2) is 0 Å². The molecule has 0 aliphatic rings. The highest BCUT2D eigenvalue weighted by Gasteiger charge is 2.33. The third kappa shape index (κ3) is 7.07. The van der Waals surface area contributed by atoms with Gasteiger partial charge in [0.15, 0.2) is 10.8 Å². The molecule has 0 amide bonds. The summed E-state index contributed by atoms with van der Waals surface area (Å²) < 4.78 is 9.80. The highest BCUT2D eigenvalue weighted by molar-refractivity contribution is 6.41. The molecule has 0 aliphatic carbocycles. The molecule has 0 spiro atoms. The third-order valence-electron chi connectivity index (χ3n) is 1.83. The average Bonchev–Trinajstić information content (AvgIpc) is 2.30. The monoisotopic (exact) mass is 298 g/mol. The number of rotatable bonds is 7. The Hall–Kier alpha value is -0.480. The van der Waals surface area contributed by atoms with Gasteiger partial charge in [0.2, 0.25) is 0 Å². The van der Waals surface area contributed by atoms with Gasteiger partial charge < -0.3 is 9.47 Å². The molecular formula is C12H20Cl2O4. The number of ether oxygens (including phenoxy) is 2. The molecule has 0 aromatic carbocycles. The molecule has 0 aromatic rings. The Balaban J connectivity index is 4.18. The molecule has 0 saturated carbocycles. The van der Waals surface area contributed by atoms with Gasteiger partial charge in [0.1, 0.15) is 0 Å². The highest BCUT2D eigenvalue weighted by atomic mass is 35.5. The minimum absolute atomic E-state index is 0.194. The van der Waals surface area contributed by atoms with Gasteiger partial charge in [0.25, 0.3) is 0 Å². The largest absolute Gasteiger partial charge is 0.464 e. The van der Waals surface area contributed by atoms with E-state index in [9.17, 15) is 9.59 Å². The first-order valence-electron chi connectivity index (χ1n) is 5.87. The van der Waals surface area contributed by atoms with Gasteiger partial charge in [0, 0.05) is 0 Å². The van der Waals surface area contributed by atoms with E-state index in [-0.39, 0.29) is 25.0 Å². The normalized spacial score (nSPS) is 14.4. The topological polar surface area (TPSA) is 52.6 Å². The van der Waals surface area contributed by atoms with E-state index in [0.29, 0.717) is 0 Å². The maximum atomic E-state index is 11.5. The van der Waals surface area contributed by atoms with Gasteiger partial charge in [0.05, 0.1) is 13.2 Å². The molecule has 0 heterocycles. The SMILES string of the molecule is CC(C)COC(=O)C(Cl)C(Cl)C(=O)OCC(C)C. The summed E-state index contributed by atoms with van der Waals surface area (Å²) in [7, 11) is 0. The molecule has 0 bridgehead atoms. The van der Waals surface area contributed by atoms with Crippen molar-refractivity contribution in [2.24, 2.45) is 11.8 Å². The van der Waals surface area contributed by atoms with Gasteiger partial charge >= 0.3 is 11.9 Å². The number of carbonyl (C=O) groups excluding carboxylic acids is 2. The molecule has 106 valence electrons. The quantitative estimate of drug-likeness (QED) is 0.535. The Morgan fingerprint density at radius 1 is 0.833 bits per heavy atom. The molecule has 0 N–H and O–H groups in total. The van der Waals surface area contributed by atoms with Crippen molar-refractivity contribution >= 4 is 35.1 Å². The van der Waals surface area contributed by atoms with Crippen molar-refractivity contribution in [3.8, 4) is 0 Å². The van der Waals surface area contributed by atoms with Crippen LogP contribution in [0.25, 0.3) is 0 Å². The molecule has 6 heteroatoms. The number of halogens is 2. The summed E-state index contributed by atoms with van der Waals surface area (Å²) in [6.07, 6.45) is 0. The first kappa shape index (κ1) is 17.5. The number of alkyl halides is 2. The molecule has 0 aromatic heterocycles. The summed E-state index contributed by atoms with van der Waals surface area (Å²) in [6, 6.07) is 0. The van der Waals surface area contributed by atoms with Crippen LogP contribution in [0.4, 0.5) is 0 Å². The van der Waals surface area contributed by atoms with E-state index < -0.39 is 22.7 Å². The van der Waals surface area contributed by atoms with E-state index in [1.165, 1.54) is 0 Å². The molecule has 2 unspecified atom stereocenters. The van der Waals surface area contributed by atoms with Crippen LogP contribution >= 0.6 is 23.2 Å². The second-order valence-corrected chi connectivity index (χ2v) is 5.79. The zero-order valence-corrected chi connectivity index (χ0v) is 12.6. The lowest BCUT2D eigenvalue weighted by molar-refractivity contribution is -0.150. The molecular weight excluding hydrogens is 279 g/mol. The smallest absolute Gasteiger partial charge is 0.326 e. The Kier molecular flexibility index (Phi) is 8.36. The summed E-state index contributed by atoms with van der Waals surface area (Å²) in [6.45, 7) is 8.06. The van der Waals surface area contributed by atoms with E-state index in [1.54, 1.807) is 0 Å². The van der Waals surface area contributed by atoms with Gasteiger partial charge in [-0.15, -0.1) is 23.2 Å². The lowest BCUT2D eigenvalue weighted by Crippen LogP contribution is -2.35. The zero-order valence-electron chi connectivity index (χ0n) is 11.1. The van der Waals surface area contributed by atoms with Crippen LogP contribution in [0.1, 0.15) is 27.7 Å². The van der Waals surface area contributed by atoms with Crippen molar-refractivity contribution in [2.75, 3.05) is 13.2 Å². The van der Waals surface area contributed by atoms with Crippen molar-refractivity contribution in [3.05, 3.63) is 0 Å². The summed E-state index contributed by atoms with van der Waals surface area (Å²) in [5.41, 5.74) is 0. The number of hydrogen-bond acceptors (Lipinski definition) is 4. The molecule has 4 nitrogen and oxygen atoms in total. The van der Waals surface area contributed by atoms with E-state index in [4.69, 9.17) is 32.7 Å². The van der Waals surface area contributed by atoms with Crippen LogP contribution < -0.4 is 0 Å². The highest BCUT2D eigenvalue weighted by Crippen LogP contribution is 2.15. The van der Waals surface area contributed by atoms with Gasteiger partial charge in [-0.05, 0) is 11.8 Å². The maximum Gasteiger partial charge on any atom is 0.326 e. The van der Waals surface area contributed by atoms with Gasteiger partial charge in [-0.2, -0.15) is 0 Å². The fourth-order valence-electron chi connectivity index (χ4n) is 0.896. The predicted octanol–water partition coefficient (Wildman–Crippen LogP) is 2.60. The maximum absolute atomic E-state index is 11.5. The molecule has 18 heavy (non-hydrogen) atoms. The van der Waals surface area contributed by atoms with Crippen molar-refractivity contribution in [1.29, 1.82) is 0 Å². The van der Waals surface area contributed by atoms with E-state index in [0.717, 1.165) is 0 Å². The van der Waals surface area contributed by atoms with Crippen LogP contribution in [-0.4, -0.2) is 35.9 Å². The second-order valence-electron chi connectivity index (χ2n) is 4.85. The standard InChI is InChI=1S/C12H20Cl2O4/c1-7(2)5-17-11(15)9(13)10(14)12(16)18-6-8(3)4/h7-10H,5-6H2,1-4H3. The Labute approximate surface area is 118 Å². The van der Waals surface area contributed by atoms with Crippen molar-refractivity contribution in [2.45, 2.75) is 38.4 Å². The first-order valence-corrected chi connectivity index (χ1v) is 6.74. The lowest BCUT2D eigenvalue weighted by Gasteiger charge is -2.16.